The third-order valence-corrected chi connectivity index (χ3v) is 8.05. The topological polar surface area (TPSA) is 60.1 Å². The van der Waals surface area contributed by atoms with Crippen LogP contribution >= 0.6 is 11.6 Å². The van der Waals surface area contributed by atoms with Crippen LogP contribution < -0.4 is 10.6 Å². The lowest BCUT2D eigenvalue weighted by Gasteiger charge is -2.39. The van der Waals surface area contributed by atoms with Crippen LogP contribution in [0.3, 0.4) is 0 Å². The van der Waals surface area contributed by atoms with Gasteiger partial charge in [-0.1, -0.05) is 23.7 Å². The third kappa shape index (κ3) is 4.53. The van der Waals surface area contributed by atoms with Gasteiger partial charge in [-0.25, -0.2) is 0 Å². The molecule has 3 fully saturated rings. The molecule has 4 aliphatic heterocycles. The summed E-state index contributed by atoms with van der Waals surface area (Å²) < 4.78 is 5.44. The van der Waals surface area contributed by atoms with Crippen molar-refractivity contribution in [3.63, 3.8) is 0 Å². The average Bonchev–Trinajstić information content (AvgIpc) is 3.68. The molecule has 1 amide bonds. The number of halogens is 1. The number of piperazine rings is 1. The van der Waals surface area contributed by atoms with Crippen molar-refractivity contribution < 1.29 is 9.53 Å². The summed E-state index contributed by atoms with van der Waals surface area (Å²) in [5.74, 6) is 1.17. The van der Waals surface area contributed by atoms with Gasteiger partial charge in [0, 0.05) is 74.7 Å². The lowest BCUT2D eigenvalue weighted by Crippen LogP contribution is -2.52. The fourth-order valence-corrected chi connectivity index (χ4v) is 5.70. The number of nitrogens with one attached hydrogen (secondary N) is 2. The number of hydrogen-bond acceptors (Lipinski definition) is 6. The Hall–Kier alpha value is -2.22. The zero-order chi connectivity index (χ0) is 23.1. The van der Waals surface area contributed by atoms with Crippen LogP contribution in [0.15, 0.2) is 41.9 Å². The molecule has 1 saturated carbocycles. The van der Waals surface area contributed by atoms with Crippen molar-refractivity contribution in [1.29, 1.82) is 0 Å². The van der Waals surface area contributed by atoms with E-state index in [2.05, 4.69) is 43.7 Å². The molecule has 1 aromatic carbocycles. The molecule has 7 nitrogen and oxygen atoms in total. The number of allylic oxidation sites excluding steroid dienone is 1. The Kier molecular flexibility index (Phi) is 6.18. The lowest BCUT2D eigenvalue weighted by atomic mass is 9.98. The molecule has 6 rings (SSSR count). The molecule has 34 heavy (non-hydrogen) atoms. The molecular formula is C26H34ClN5O2. The molecule has 0 radical (unpaired) electrons. The second-order valence-corrected chi connectivity index (χ2v) is 10.6. The molecular weight excluding hydrogens is 450 g/mol. The standard InChI is InChI=1S/C26H34ClN5O2/c27-21-5-3-19(4-6-21)25-23(32-16-22(18-1-2-18)28-15-24(32)29-25)17-30-9-11-31(12-10-30)26(33)20-7-13-34-14-8-20/h3-6,16,18,20,24,28-29H,1-2,7-15,17H2. The molecule has 5 aliphatic rings. The van der Waals surface area contributed by atoms with E-state index < -0.39 is 0 Å². The van der Waals surface area contributed by atoms with Gasteiger partial charge in [-0.15, -0.1) is 0 Å². The first-order valence-electron chi connectivity index (χ1n) is 12.7. The molecule has 8 heteroatoms. The Morgan fingerprint density at radius 3 is 2.47 bits per heavy atom. The predicted octanol–water partition coefficient (Wildman–Crippen LogP) is 2.67. The van der Waals surface area contributed by atoms with Crippen molar-refractivity contribution in [2.45, 2.75) is 31.8 Å². The van der Waals surface area contributed by atoms with Gasteiger partial charge >= 0.3 is 0 Å². The van der Waals surface area contributed by atoms with E-state index in [1.165, 1.54) is 35.5 Å². The zero-order valence-corrected chi connectivity index (χ0v) is 20.4. The molecule has 1 aliphatic carbocycles. The van der Waals surface area contributed by atoms with Gasteiger partial charge in [0.1, 0.15) is 6.17 Å². The van der Waals surface area contributed by atoms with Gasteiger partial charge in [0.2, 0.25) is 5.91 Å². The highest BCUT2D eigenvalue weighted by molar-refractivity contribution is 6.30. The van der Waals surface area contributed by atoms with Crippen LogP contribution in [0.25, 0.3) is 5.70 Å². The van der Waals surface area contributed by atoms with Crippen molar-refractivity contribution in [3.8, 4) is 0 Å². The minimum absolute atomic E-state index is 0.145. The van der Waals surface area contributed by atoms with Gasteiger partial charge in [0.15, 0.2) is 0 Å². The summed E-state index contributed by atoms with van der Waals surface area (Å²) in [6, 6.07) is 8.13. The number of benzene rings is 1. The summed E-state index contributed by atoms with van der Waals surface area (Å²) >= 11 is 6.17. The van der Waals surface area contributed by atoms with Crippen molar-refractivity contribution in [3.05, 3.63) is 52.4 Å². The van der Waals surface area contributed by atoms with Crippen molar-refractivity contribution >= 4 is 23.2 Å². The number of ether oxygens (including phenoxy) is 1. The number of amides is 1. The molecule has 1 aromatic rings. The first kappa shape index (κ1) is 22.3. The Labute approximate surface area is 206 Å². The predicted molar refractivity (Wildman–Crippen MR) is 133 cm³/mol. The van der Waals surface area contributed by atoms with Gasteiger partial charge in [-0.2, -0.15) is 0 Å². The van der Waals surface area contributed by atoms with Crippen LogP contribution in [-0.4, -0.2) is 79.3 Å². The van der Waals surface area contributed by atoms with E-state index in [4.69, 9.17) is 16.3 Å². The number of carbonyl (C=O) groups is 1. The van der Waals surface area contributed by atoms with Crippen LogP contribution in [-0.2, 0) is 9.53 Å². The highest BCUT2D eigenvalue weighted by atomic mass is 35.5. The number of carbonyl (C=O) groups excluding carboxylic acids is 1. The molecule has 0 bridgehead atoms. The van der Waals surface area contributed by atoms with Gasteiger partial charge in [0.05, 0.1) is 17.9 Å². The van der Waals surface area contributed by atoms with Crippen LogP contribution in [0.1, 0.15) is 31.2 Å². The van der Waals surface area contributed by atoms with E-state index >= 15 is 0 Å². The van der Waals surface area contributed by atoms with E-state index in [1.807, 2.05) is 12.1 Å². The quantitative estimate of drug-likeness (QED) is 0.671. The molecule has 2 N–H and O–H groups in total. The maximum Gasteiger partial charge on any atom is 0.225 e. The Morgan fingerprint density at radius 1 is 1.03 bits per heavy atom. The SMILES string of the molecule is O=C(C1CCOCC1)N1CCN(CC2=C(c3ccc(Cl)cc3)NC3CNC(C4CC4)=CN23)CC1. The summed E-state index contributed by atoms with van der Waals surface area (Å²) in [5, 5.41) is 8.17. The largest absolute Gasteiger partial charge is 0.383 e. The molecule has 2 saturated heterocycles. The lowest BCUT2D eigenvalue weighted by molar-refractivity contribution is -0.140. The summed E-state index contributed by atoms with van der Waals surface area (Å²) in [5.41, 5.74) is 5.05. The molecule has 1 unspecified atom stereocenters. The molecule has 0 spiro atoms. The highest BCUT2D eigenvalue weighted by Gasteiger charge is 2.38. The van der Waals surface area contributed by atoms with Crippen molar-refractivity contribution in [2.24, 2.45) is 11.8 Å². The summed E-state index contributed by atoms with van der Waals surface area (Å²) in [6.45, 7) is 6.62. The Morgan fingerprint density at radius 2 is 1.76 bits per heavy atom. The van der Waals surface area contributed by atoms with E-state index in [1.54, 1.807) is 0 Å². The van der Waals surface area contributed by atoms with Gasteiger partial charge in [-0.3, -0.25) is 9.69 Å². The third-order valence-electron chi connectivity index (χ3n) is 7.80. The molecule has 0 aromatic heterocycles. The smallest absolute Gasteiger partial charge is 0.225 e. The van der Waals surface area contributed by atoms with E-state index in [0.29, 0.717) is 25.0 Å². The monoisotopic (exact) mass is 483 g/mol. The maximum absolute atomic E-state index is 13.0. The fraction of sp³-hybridized carbons (Fsp3) is 0.577. The molecule has 4 heterocycles. The number of fused-ring (bicyclic) bond motifs is 1. The summed E-state index contributed by atoms with van der Waals surface area (Å²) in [4.78, 5) is 20.0. The maximum atomic E-state index is 13.0. The number of rotatable bonds is 5. The summed E-state index contributed by atoms with van der Waals surface area (Å²) in [6.07, 6.45) is 6.86. The van der Waals surface area contributed by atoms with Crippen LogP contribution in [0.2, 0.25) is 5.02 Å². The van der Waals surface area contributed by atoms with E-state index in [9.17, 15) is 4.79 Å². The van der Waals surface area contributed by atoms with Crippen LogP contribution in [0.4, 0.5) is 0 Å². The Bertz CT molecular complexity index is 975. The molecule has 1 atom stereocenters. The van der Waals surface area contributed by atoms with E-state index in [-0.39, 0.29) is 12.1 Å². The van der Waals surface area contributed by atoms with Gasteiger partial charge in [-0.05, 0) is 43.4 Å². The number of nitrogens with zero attached hydrogens (tertiary/aromatic N) is 3. The fourth-order valence-electron chi connectivity index (χ4n) is 5.58. The van der Waals surface area contributed by atoms with Gasteiger partial charge in [0.25, 0.3) is 0 Å². The second kappa shape index (κ2) is 9.44. The minimum atomic E-state index is 0.145. The zero-order valence-electron chi connectivity index (χ0n) is 19.6. The Balaban J connectivity index is 1.18. The number of hydrogen-bond donors (Lipinski definition) is 2. The normalized spacial score (nSPS) is 26.1. The second-order valence-electron chi connectivity index (χ2n) is 10.1. The molecule has 182 valence electrons. The summed E-state index contributed by atoms with van der Waals surface area (Å²) in [7, 11) is 0. The first-order valence-corrected chi connectivity index (χ1v) is 13.1. The minimum Gasteiger partial charge on any atom is -0.383 e. The average molecular weight is 484 g/mol. The first-order chi connectivity index (χ1) is 16.7. The van der Waals surface area contributed by atoms with Crippen molar-refractivity contribution in [1.82, 2.24) is 25.3 Å². The van der Waals surface area contributed by atoms with Crippen molar-refractivity contribution in [2.75, 3.05) is 52.5 Å². The highest BCUT2D eigenvalue weighted by Crippen LogP contribution is 2.39. The van der Waals surface area contributed by atoms with E-state index in [0.717, 1.165) is 57.1 Å². The van der Waals surface area contributed by atoms with Gasteiger partial charge < -0.3 is 25.2 Å². The van der Waals surface area contributed by atoms with Crippen LogP contribution in [0, 0.1) is 11.8 Å². The van der Waals surface area contributed by atoms with Crippen LogP contribution in [0.5, 0.6) is 0 Å².